The van der Waals surface area contributed by atoms with Crippen LogP contribution in [0.25, 0.3) is 0 Å². The number of piperazine rings is 1. The lowest BCUT2D eigenvalue weighted by atomic mass is 10.0. The zero-order chi connectivity index (χ0) is 16.4. The molecule has 1 aromatic carbocycles. The molecule has 0 spiro atoms. The number of rotatable bonds is 3. The zero-order valence-electron chi connectivity index (χ0n) is 11.7. The zero-order valence-corrected chi connectivity index (χ0v) is 13.4. The molecule has 0 aliphatic carbocycles. The van der Waals surface area contributed by atoms with Gasteiger partial charge in [0, 0.05) is 31.1 Å². The van der Waals surface area contributed by atoms with Crippen molar-refractivity contribution in [2.24, 2.45) is 0 Å². The van der Waals surface area contributed by atoms with Crippen LogP contribution in [0.1, 0.15) is 11.6 Å². The quantitative estimate of drug-likeness (QED) is 0.624. The van der Waals surface area contributed by atoms with Gasteiger partial charge >= 0.3 is 11.7 Å². The van der Waals surface area contributed by atoms with E-state index in [1.807, 2.05) is 0 Å². The summed E-state index contributed by atoms with van der Waals surface area (Å²) < 4.78 is 78.1. The SMILES string of the molecule is Cl.FC(F)(F)Sc1ccccc1[C@H](N1CCNCC1)C(F)(F)F. The number of nitrogens with zero attached hydrogens (tertiary/aromatic N) is 1. The highest BCUT2D eigenvalue weighted by Gasteiger charge is 2.46. The summed E-state index contributed by atoms with van der Waals surface area (Å²) in [4.78, 5) is 0.766. The average molecular weight is 381 g/mol. The predicted molar refractivity (Wildman–Crippen MR) is 78.8 cm³/mol. The minimum Gasteiger partial charge on any atom is -0.314 e. The average Bonchev–Trinajstić information content (AvgIpc) is 2.39. The molecule has 0 aromatic heterocycles. The van der Waals surface area contributed by atoms with Crippen molar-refractivity contribution in [3.8, 4) is 0 Å². The van der Waals surface area contributed by atoms with Crippen LogP contribution in [0.15, 0.2) is 29.2 Å². The Labute approximate surface area is 140 Å². The number of hydrogen-bond donors (Lipinski definition) is 1. The molecule has 1 N–H and O–H groups in total. The summed E-state index contributed by atoms with van der Waals surface area (Å²) in [5.41, 5.74) is -4.98. The van der Waals surface area contributed by atoms with Gasteiger partial charge in [0.25, 0.3) is 0 Å². The Bertz CT molecular complexity index is 502. The van der Waals surface area contributed by atoms with E-state index in [0.717, 1.165) is 12.1 Å². The lowest BCUT2D eigenvalue weighted by molar-refractivity contribution is -0.188. The molecule has 1 aliphatic heterocycles. The van der Waals surface area contributed by atoms with Crippen molar-refractivity contribution in [1.29, 1.82) is 0 Å². The van der Waals surface area contributed by atoms with E-state index in [4.69, 9.17) is 0 Å². The van der Waals surface area contributed by atoms with Crippen molar-refractivity contribution in [3.63, 3.8) is 0 Å². The Morgan fingerprint density at radius 3 is 2.09 bits per heavy atom. The standard InChI is InChI=1S/C13H14F6N2S.ClH/c14-12(15,16)11(21-7-5-20-6-8-21)9-3-1-2-4-10(9)22-13(17,18)19;/h1-4,11,20H,5-8H2;1H/t11-;/m0./s1. The summed E-state index contributed by atoms with van der Waals surface area (Å²) in [5, 5.41) is 2.93. The van der Waals surface area contributed by atoms with Gasteiger partial charge in [-0.05, 0) is 23.4 Å². The lowest BCUT2D eigenvalue weighted by Crippen LogP contribution is -2.49. The fourth-order valence-corrected chi connectivity index (χ4v) is 3.14. The summed E-state index contributed by atoms with van der Waals surface area (Å²) in [6.45, 7) is 1.02. The predicted octanol–water partition coefficient (Wildman–Crippen LogP) is 4.23. The van der Waals surface area contributed by atoms with Crippen molar-refractivity contribution in [2.75, 3.05) is 26.2 Å². The van der Waals surface area contributed by atoms with Crippen LogP contribution in [0.2, 0.25) is 0 Å². The Morgan fingerprint density at radius 2 is 1.57 bits per heavy atom. The molecule has 1 heterocycles. The van der Waals surface area contributed by atoms with E-state index in [2.05, 4.69) is 5.32 Å². The second-order valence-electron chi connectivity index (χ2n) is 4.82. The van der Waals surface area contributed by atoms with Crippen molar-refractivity contribution in [3.05, 3.63) is 29.8 Å². The van der Waals surface area contributed by atoms with Crippen LogP contribution in [0.4, 0.5) is 26.3 Å². The van der Waals surface area contributed by atoms with Crippen LogP contribution in [0.5, 0.6) is 0 Å². The highest BCUT2D eigenvalue weighted by atomic mass is 35.5. The van der Waals surface area contributed by atoms with E-state index in [-0.39, 0.29) is 31.1 Å². The fraction of sp³-hybridized carbons (Fsp3) is 0.538. The highest BCUT2D eigenvalue weighted by molar-refractivity contribution is 8.00. The number of thioether (sulfide) groups is 1. The Kier molecular flexibility index (Phi) is 7.06. The monoisotopic (exact) mass is 380 g/mol. The molecule has 0 radical (unpaired) electrons. The van der Waals surface area contributed by atoms with Crippen molar-refractivity contribution in [2.45, 2.75) is 22.6 Å². The molecule has 132 valence electrons. The third kappa shape index (κ3) is 5.74. The van der Waals surface area contributed by atoms with Gasteiger partial charge in [0.1, 0.15) is 6.04 Å². The van der Waals surface area contributed by atoms with Crippen LogP contribution < -0.4 is 5.32 Å². The summed E-state index contributed by atoms with van der Waals surface area (Å²) in [5.74, 6) is 0. The summed E-state index contributed by atoms with van der Waals surface area (Å²) in [7, 11) is 0. The molecule has 1 saturated heterocycles. The van der Waals surface area contributed by atoms with Crippen molar-refractivity contribution >= 4 is 24.2 Å². The maximum Gasteiger partial charge on any atom is 0.446 e. The van der Waals surface area contributed by atoms with Gasteiger partial charge in [0.2, 0.25) is 0 Å². The van der Waals surface area contributed by atoms with Gasteiger partial charge in [-0.15, -0.1) is 12.4 Å². The van der Waals surface area contributed by atoms with Gasteiger partial charge in [-0.1, -0.05) is 18.2 Å². The molecule has 1 fully saturated rings. The van der Waals surface area contributed by atoms with Gasteiger partial charge in [-0.3, -0.25) is 4.90 Å². The first kappa shape index (κ1) is 20.4. The number of alkyl halides is 6. The first-order valence-corrected chi connectivity index (χ1v) is 7.36. The molecule has 0 bridgehead atoms. The number of hydrogen-bond acceptors (Lipinski definition) is 3. The van der Waals surface area contributed by atoms with Gasteiger partial charge in [0.05, 0.1) is 0 Å². The van der Waals surface area contributed by atoms with Gasteiger partial charge in [0.15, 0.2) is 0 Å². The highest BCUT2D eigenvalue weighted by Crippen LogP contribution is 2.45. The number of benzene rings is 1. The third-order valence-electron chi connectivity index (χ3n) is 3.27. The van der Waals surface area contributed by atoms with E-state index in [9.17, 15) is 26.3 Å². The molecule has 2 nitrogen and oxygen atoms in total. The maximum atomic E-state index is 13.5. The Hall–Kier alpha value is -0.640. The van der Waals surface area contributed by atoms with Crippen LogP contribution >= 0.6 is 24.2 Å². The number of halogens is 7. The largest absolute Gasteiger partial charge is 0.446 e. The van der Waals surface area contributed by atoms with Gasteiger partial charge < -0.3 is 5.32 Å². The van der Waals surface area contributed by atoms with Crippen molar-refractivity contribution in [1.82, 2.24) is 10.2 Å². The first-order chi connectivity index (χ1) is 10.2. The Balaban J connectivity index is 0.00000264. The maximum absolute atomic E-state index is 13.5. The van der Waals surface area contributed by atoms with Crippen LogP contribution in [0, 0.1) is 0 Å². The minimum atomic E-state index is -4.64. The molecule has 1 aromatic rings. The smallest absolute Gasteiger partial charge is 0.314 e. The van der Waals surface area contributed by atoms with Gasteiger partial charge in [-0.2, -0.15) is 26.3 Å². The molecule has 0 unspecified atom stereocenters. The molecular weight excluding hydrogens is 366 g/mol. The topological polar surface area (TPSA) is 15.3 Å². The normalized spacial score (nSPS) is 18.3. The second-order valence-corrected chi connectivity index (χ2v) is 5.92. The van der Waals surface area contributed by atoms with E-state index < -0.39 is 34.4 Å². The number of nitrogens with one attached hydrogen (secondary N) is 1. The van der Waals surface area contributed by atoms with Crippen LogP contribution in [-0.2, 0) is 0 Å². The second kappa shape index (κ2) is 7.96. The molecule has 2 rings (SSSR count). The first-order valence-electron chi connectivity index (χ1n) is 6.54. The Morgan fingerprint density at radius 1 is 1.00 bits per heavy atom. The molecule has 10 heteroatoms. The van der Waals surface area contributed by atoms with Crippen molar-refractivity contribution < 1.29 is 26.3 Å². The van der Waals surface area contributed by atoms with E-state index in [1.54, 1.807) is 0 Å². The third-order valence-corrected chi connectivity index (χ3v) is 4.09. The molecule has 0 amide bonds. The van der Waals surface area contributed by atoms with E-state index >= 15 is 0 Å². The minimum absolute atomic E-state index is 0. The summed E-state index contributed by atoms with van der Waals surface area (Å²) >= 11 is -0.506. The molecule has 1 aliphatic rings. The lowest BCUT2D eigenvalue weighted by Gasteiger charge is -2.36. The van der Waals surface area contributed by atoms with Crippen LogP contribution in [0.3, 0.4) is 0 Å². The van der Waals surface area contributed by atoms with Gasteiger partial charge in [-0.25, -0.2) is 0 Å². The van der Waals surface area contributed by atoms with E-state index in [1.165, 1.54) is 17.0 Å². The summed E-state index contributed by atoms with van der Waals surface area (Å²) in [6, 6.07) is 2.81. The van der Waals surface area contributed by atoms with E-state index in [0.29, 0.717) is 13.1 Å². The van der Waals surface area contributed by atoms with Crippen LogP contribution in [-0.4, -0.2) is 42.8 Å². The molecular formula is C13H15ClF6N2S. The summed E-state index contributed by atoms with van der Waals surface area (Å²) in [6.07, 6.45) is -4.64. The fourth-order valence-electron chi connectivity index (χ4n) is 2.44. The molecule has 23 heavy (non-hydrogen) atoms. The molecule has 0 saturated carbocycles. The molecule has 1 atom stereocenters.